The van der Waals surface area contributed by atoms with Gasteiger partial charge in [-0.3, -0.25) is 0 Å². The number of hydrogen-bond donors (Lipinski definition) is 2. The third-order valence-corrected chi connectivity index (χ3v) is 5.32. The van der Waals surface area contributed by atoms with Crippen LogP contribution in [-0.2, 0) is 9.84 Å². The molecule has 0 unspecified atom stereocenters. The lowest BCUT2D eigenvalue weighted by Crippen LogP contribution is -2.47. The molecule has 0 spiro atoms. The van der Waals surface area contributed by atoms with Gasteiger partial charge in [-0.25, -0.2) is 8.42 Å². The predicted octanol–water partition coefficient (Wildman–Crippen LogP) is 0.837. The van der Waals surface area contributed by atoms with E-state index in [-0.39, 0.29) is 10.6 Å². The number of nitrogens with zero attached hydrogens (tertiary/aromatic N) is 1. The molecule has 5 nitrogen and oxygen atoms in total. The molecular formula is C14H18N2O3S. The molecular weight excluding hydrogens is 276 g/mol. The maximum absolute atomic E-state index is 12.1. The highest BCUT2D eigenvalue weighted by molar-refractivity contribution is 7.91. The van der Waals surface area contributed by atoms with E-state index in [1.54, 1.807) is 12.1 Å². The molecule has 1 saturated carbocycles. The zero-order chi connectivity index (χ0) is 14.6. The Hall–Kier alpha value is -1.42. The van der Waals surface area contributed by atoms with Gasteiger partial charge in [0.2, 0.25) is 0 Å². The van der Waals surface area contributed by atoms with Gasteiger partial charge in [0.15, 0.2) is 9.84 Å². The van der Waals surface area contributed by atoms with Crippen molar-refractivity contribution in [2.45, 2.75) is 29.8 Å². The van der Waals surface area contributed by atoms with Crippen molar-refractivity contribution >= 4 is 9.84 Å². The van der Waals surface area contributed by atoms with Gasteiger partial charge >= 0.3 is 0 Å². The molecule has 0 atom stereocenters. The first-order valence-corrected chi connectivity index (χ1v) is 8.26. The van der Waals surface area contributed by atoms with E-state index >= 15 is 0 Å². The van der Waals surface area contributed by atoms with Crippen LogP contribution in [0.2, 0.25) is 0 Å². The Morgan fingerprint density at radius 3 is 2.75 bits per heavy atom. The first-order valence-electron chi connectivity index (χ1n) is 6.61. The number of hydrogen-bond acceptors (Lipinski definition) is 5. The van der Waals surface area contributed by atoms with Crippen LogP contribution in [0.4, 0.5) is 0 Å². The highest BCUT2D eigenvalue weighted by Crippen LogP contribution is 2.30. The van der Waals surface area contributed by atoms with Gasteiger partial charge in [0.25, 0.3) is 0 Å². The first-order chi connectivity index (χ1) is 9.45. The van der Waals surface area contributed by atoms with Gasteiger partial charge in [-0.2, -0.15) is 5.26 Å². The molecule has 0 radical (unpaired) electrons. The third kappa shape index (κ3) is 3.57. The molecule has 6 heteroatoms. The van der Waals surface area contributed by atoms with Crippen molar-refractivity contribution in [1.82, 2.24) is 5.32 Å². The summed E-state index contributed by atoms with van der Waals surface area (Å²) < 4.78 is 24.2. The van der Waals surface area contributed by atoms with Crippen molar-refractivity contribution in [3.63, 3.8) is 0 Å². The molecule has 0 aromatic heterocycles. The van der Waals surface area contributed by atoms with Crippen LogP contribution in [0.25, 0.3) is 0 Å². The standard InChI is InChI=1S/C14H18N2O3S/c15-10-12-3-1-4-13(9-12)20(18,19)8-7-16-11-14(17)5-2-6-14/h1,3-4,9,16-17H,2,5-8,11H2. The van der Waals surface area contributed by atoms with Crippen molar-refractivity contribution in [3.8, 4) is 6.07 Å². The second-order valence-corrected chi connectivity index (χ2v) is 7.32. The predicted molar refractivity (Wildman–Crippen MR) is 74.9 cm³/mol. The highest BCUT2D eigenvalue weighted by Gasteiger charge is 2.33. The van der Waals surface area contributed by atoms with Gasteiger partial charge in [-0.05, 0) is 37.5 Å². The summed E-state index contributed by atoms with van der Waals surface area (Å²) in [6.45, 7) is 0.724. The van der Waals surface area contributed by atoms with E-state index in [4.69, 9.17) is 5.26 Å². The van der Waals surface area contributed by atoms with Crippen LogP contribution >= 0.6 is 0 Å². The number of nitrogens with one attached hydrogen (secondary N) is 1. The number of nitriles is 1. The summed E-state index contributed by atoms with van der Waals surface area (Å²) in [4.78, 5) is 0.167. The van der Waals surface area contributed by atoms with E-state index in [2.05, 4.69) is 5.32 Å². The van der Waals surface area contributed by atoms with Gasteiger partial charge in [0, 0.05) is 13.1 Å². The summed E-state index contributed by atoms with van der Waals surface area (Å²) >= 11 is 0. The Kier molecular flexibility index (Phi) is 4.43. The van der Waals surface area contributed by atoms with Gasteiger partial charge in [-0.1, -0.05) is 6.07 Å². The van der Waals surface area contributed by atoms with Gasteiger partial charge < -0.3 is 10.4 Å². The SMILES string of the molecule is N#Cc1cccc(S(=O)(=O)CCNCC2(O)CCC2)c1. The average molecular weight is 294 g/mol. The van der Waals surface area contributed by atoms with Crippen LogP contribution in [0.15, 0.2) is 29.2 Å². The monoisotopic (exact) mass is 294 g/mol. The Morgan fingerprint density at radius 1 is 1.40 bits per heavy atom. The van der Waals surface area contributed by atoms with Crippen molar-refractivity contribution in [2.24, 2.45) is 0 Å². The molecule has 1 aliphatic carbocycles. The minimum absolute atomic E-state index is 0.0437. The number of aliphatic hydroxyl groups is 1. The van der Waals surface area contributed by atoms with E-state index in [1.165, 1.54) is 12.1 Å². The number of benzene rings is 1. The summed E-state index contributed by atoms with van der Waals surface area (Å²) in [7, 11) is -3.39. The van der Waals surface area contributed by atoms with Gasteiger partial charge in [-0.15, -0.1) is 0 Å². The van der Waals surface area contributed by atoms with Crippen LogP contribution < -0.4 is 5.32 Å². The van der Waals surface area contributed by atoms with Crippen molar-refractivity contribution in [1.29, 1.82) is 5.26 Å². The molecule has 2 rings (SSSR count). The highest BCUT2D eigenvalue weighted by atomic mass is 32.2. The topological polar surface area (TPSA) is 90.2 Å². The van der Waals surface area contributed by atoms with Gasteiger partial charge in [0.05, 0.1) is 27.9 Å². The minimum Gasteiger partial charge on any atom is -0.389 e. The molecule has 1 aromatic rings. The van der Waals surface area contributed by atoms with Crippen LogP contribution in [-0.4, -0.2) is 38.0 Å². The summed E-state index contributed by atoms with van der Waals surface area (Å²) in [5, 5.41) is 21.6. The molecule has 0 bridgehead atoms. The normalized spacial score (nSPS) is 17.2. The molecule has 20 heavy (non-hydrogen) atoms. The lowest BCUT2D eigenvalue weighted by molar-refractivity contribution is -0.0307. The second kappa shape index (κ2) is 5.92. The molecule has 0 amide bonds. The largest absolute Gasteiger partial charge is 0.389 e. The Morgan fingerprint density at radius 2 is 2.15 bits per heavy atom. The molecule has 1 aromatic carbocycles. The first kappa shape index (κ1) is 15.0. The fourth-order valence-electron chi connectivity index (χ4n) is 2.17. The Balaban J connectivity index is 1.89. The van der Waals surface area contributed by atoms with Gasteiger partial charge in [0.1, 0.15) is 0 Å². The van der Waals surface area contributed by atoms with E-state index in [1.807, 2.05) is 6.07 Å². The molecule has 0 saturated heterocycles. The van der Waals surface area contributed by atoms with Crippen molar-refractivity contribution in [3.05, 3.63) is 29.8 Å². The van der Waals surface area contributed by atoms with E-state index in [0.29, 0.717) is 18.7 Å². The summed E-state index contributed by atoms with van der Waals surface area (Å²) in [5.74, 6) is -0.0437. The third-order valence-electron chi connectivity index (χ3n) is 3.61. The van der Waals surface area contributed by atoms with Crippen molar-refractivity contribution in [2.75, 3.05) is 18.8 Å². The van der Waals surface area contributed by atoms with Crippen LogP contribution in [0, 0.1) is 11.3 Å². The van der Waals surface area contributed by atoms with E-state index in [0.717, 1.165) is 19.3 Å². The van der Waals surface area contributed by atoms with E-state index in [9.17, 15) is 13.5 Å². The van der Waals surface area contributed by atoms with Crippen molar-refractivity contribution < 1.29 is 13.5 Å². The fraction of sp³-hybridized carbons (Fsp3) is 0.500. The maximum atomic E-state index is 12.1. The molecule has 1 fully saturated rings. The van der Waals surface area contributed by atoms with Crippen LogP contribution in [0.1, 0.15) is 24.8 Å². The summed E-state index contributed by atoms with van der Waals surface area (Å²) in [5.41, 5.74) is -0.312. The number of sulfone groups is 1. The van der Waals surface area contributed by atoms with Crippen LogP contribution in [0.5, 0.6) is 0 Å². The second-order valence-electron chi connectivity index (χ2n) is 5.21. The molecule has 108 valence electrons. The van der Waals surface area contributed by atoms with E-state index < -0.39 is 15.4 Å². The lowest BCUT2D eigenvalue weighted by atomic mass is 9.80. The molecule has 0 aliphatic heterocycles. The average Bonchev–Trinajstić information content (AvgIpc) is 2.42. The quantitative estimate of drug-likeness (QED) is 0.759. The Labute approximate surface area is 119 Å². The zero-order valence-electron chi connectivity index (χ0n) is 11.2. The minimum atomic E-state index is -3.39. The zero-order valence-corrected chi connectivity index (χ0v) is 12.0. The van der Waals surface area contributed by atoms with Crippen LogP contribution in [0.3, 0.4) is 0 Å². The Bertz CT molecular complexity index is 616. The molecule has 1 aliphatic rings. The summed E-state index contributed by atoms with van der Waals surface area (Å²) in [6, 6.07) is 7.95. The lowest BCUT2D eigenvalue weighted by Gasteiger charge is -2.36. The smallest absolute Gasteiger partial charge is 0.179 e. The molecule has 0 heterocycles. The number of rotatable bonds is 6. The molecule has 2 N–H and O–H groups in total. The summed E-state index contributed by atoms with van der Waals surface area (Å²) in [6.07, 6.45) is 2.57. The maximum Gasteiger partial charge on any atom is 0.179 e. The fourth-order valence-corrected chi connectivity index (χ4v) is 3.41.